The Labute approximate surface area is 189 Å². The van der Waals surface area contributed by atoms with Crippen LogP contribution in [0.5, 0.6) is 11.5 Å². The maximum Gasteiger partial charge on any atom is 0.244 e. The van der Waals surface area contributed by atoms with E-state index in [1.54, 1.807) is 19.2 Å². The van der Waals surface area contributed by atoms with Crippen molar-refractivity contribution in [1.82, 2.24) is 5.32 Å². The lowest BCUT2D eigenvalue weighted by Crippen LogP contribution is -2.48. The topological polar surface area (TPSA) is 84.9 Å². The number of carbonyl (C=O) groups excluding carboxylic acids is 1. The molecule has 0 spiro atoms. The zero-order valence-electron chi connectivity index (χ0n) is 18.6. The Balaban J connectivity index is 2.37. The molecule has 9 heteroatoms. The monoisotopic (exact) mass is 468 g/mol. The Bertz CT molecular complexity index is 1040. The molecule has 0 bridgehead atoms. The minimum atomic E-state index is -3.82. The first kappa shape index (κ1) is 24.8. The van der Waals surface area contributed by atoms with E-state index in [4.69, 9.17) is 21.1 Å². The number of amides is 1. The summed E-state index contributed by atoms with van der Waals surface area (Å²) in [6, 6.07) is 8.99. The first-order valence-electron chi connectivity index (χ1n) is 9.81. The number of halogens is 1. The number of rotatable bonds is 9. The minimum absolute atomic E-state index is 0.202. The highest BCUT2D eigenvalue weighted by Gasteiger charge is 2.32. The average Bonchev–Trinajstić information content (AvgIpc) is 2.71. The molecule has 0 aromatic heterocycles. The summed E-state index contributed by atoms with van der Waals surface area (Å²) < 4.78 is 36.9. The number of carbonyl (C=O) groups is 1. The third kappa shape index (κ3) is 5.83. The Morgan fingerprint density at radius 1 is 1.13 bits per heavy atom. The van der Waals surface area contributed by atoms with Gasteiger partial charge in [0.1, 0.15) is 17.5 Å². The van der Waals surface area contributed by atoms with E-state index in [0.717, 1.165) is 27.4 Å². The SMILES string of the molecule is CCC(NC(=O)C(C)N(c1cc(Cl)ccc1OC)S(C)(=O)=O)c1ccc(OC)c(C)c1. The Morgan fingerprint density at radius 3 is 2.26 bits per heavy atom. The summed E-state index contributed by atoms with van der Waals surface area (Å²) >= 11 is 6.09. The summed E-state index contributed by atoms with van der Waals surface area (Å²) in [5, 5.41) is 3.29. The van der Waals surface area contributed by atoms with Gasteiger partial charge in [-0.15, -0.1) is 0 Å². The molecule has 2 rings (SSSR count). The fourth-order valence-corrected chi connectivity index (χ4v) is 4.78. The van der Waals surface area contributed by atoms with E-state index in [9.17, 15) is 13.2 Å². The molecule has 0 aliphatic rings. The third-order valence-corrected chi connectivity index (χ3v) is 6.48. The number of hydrogen-bond acceptors (Lipinski definition) is 5. The summed E-state index contributed by atoms with van der Waals surface area (Å²) in [5.74, 6) is 0.620. The van der Waals surface area contributed by atoms with Gasteiger partial charge in [-0.3, -0.25) is 9.10 Å². The molecular formula is C22H29ClN2O5S. The second kappa shape index (κ2) is 10.2. The number of aryl methyl sites for hydroxylation is 1. The van der Waals surface area contributed by atoms with Crippen LogP contribution in [0.15, 0.2) is 36.4 Å². The van der Waals surface area contributed by atoms with Crippen LogP contribution in [0.1, 0.15) is 37.4 Å². The van der Waals surface area contributed by atoms with Gasteiger partial charge in [-0.05, 0) is 55.7 Å². The number of ether oxygens (including phenoxy) is 2. The summed E-state index contributed by atoms with van der Waals surface area (Å²) in [5.41, 5.74) is 2.06. The first-order valence-corrected chi connectivity index (χ1v) is 12.0. The van der Waals surface area contributed by atoms with Gasteiger partial charge < -0.3 is 14.8 Å². The van der Waals surface area contributed by atoms with E-state index in [1.165, 1.54) is 20.1 Å². The van der Waals surface area contributed by atoms with E-state index in [-0.39, 0.29) is 11.7 Å². The molecule has 0 heterocycles. The molecule has 2 aromatic rings. The summed E-state index contributed by atoms with van der Waals surface area (Å²) in [6.07, 6.45) is 1.67. The smallest absolute Gasteiger partial charge is 0.244 e. The molecule has 0 aliphatic carbocycles. The molecule has 1 N–H and O–H groups in total. The first-order chi connectivity index (χ1) is 14.5. The van der Waals surface area contributed by atoms with Gasteiger partial charge in [-0.25, -0.2) is 8.42 Å². The van der Waals surface area contributed by atoms with Crippen molar-refractivity contribution < 1.29 is 22.7 Å². The highest BCUT2D eigenvalue weighted by molar-refractivity contribution is 7.92. The van der Waals surface area contributed by atoms with Crippen LogP contribution in [0.2, 0.25) is 5.02 Å². The lowest BCUT2D eigenvalue weighted by Gasteiger charge is -2.31. The number of methoxy groups -OCH3 is 2. The quantitative estimate of drug-likeness (QED) is 0.599. The van der Waals surface area contributed by atoms with Crippen molar-refractivity contribution in [2.24, 2.45) is 0 Å². The normalized spacial score (nSPS) is 13.3. The number of anilines is 1. The molecule has 170 valence electrons. The van der Waals surface area contributed by atoms with Gasteiger partial charge in [0, 0.05) is 5.02 Å². The van der Waals surface area contributed by atoms with Crippen molar-refractivity contribution in [3.8, 4) is 11.5 Å². The maximum atomic E-state index is 13.1. The fraction of sp³-hybridized carbons (Fsp3) is 0.409. The Hall–Kier alpha value is -2.45. The van der Waals surface area contributed by atoms with E-state index < -0.39 is 22.0 Å². The highest BCUT2D eigenvalue weighted by Crippen LogP contribution is 2.34. The lowest BCUT2D eigenvalue weighted by atomic mass is 10.0. The van der Waals surface area contributed by atoms with Crippen molar-refractivity contribution in [2.75, 3.05) is 24.8 Å². The Kier molecular flexibility index (Phi) is 8.20. The fourth-order valence-electron chi connectivity index (χ4n) is 3.45. The van der Waals surface area contributed by atoms with E-state index in [2.05, 4.69) is 5.32 Å². The second-order valence-corrected chi connectivity index (χ2v) is 9.55. The van der Waals surface area contributed by atoms with Crippen LogP contribution in [0.25, 0.3) is 0 Å². The highest BCUT2D eigenvalue weighted by atomic mass is 35.5. The van der Waals surface area contributed by atoms with Gasteiger partial charge in [-0.2, -0.15) is 0 Å². The van der Waals surface area contributed by atoms with Crippen molar-refractivity contribution in [3.63, 3.8) is 0 Å². The number of sulfonamides is 1. The molecule has 7 nitrogen and oxygen atoms in total. The molecule has 1 amide bonds. The molecule has 0 fully saturated rings. The third-order valence-electron chi connectivity index (χ3n) is 5.01. The van der Waals surface area contributed by atoms with Crippen LogP contribution in [0.3, 0.4) is 0 Å². The summed E-state index contributed by atoms with van der Waals surface area (Å²) in [6.45, 7) is 5.41. The second-order valence-electron chi connectivity index (χ2n) is 7.25. The Morgan fingerprint density at radius 2 is 1.74 bits per heavy atom. The molecule has 2 aromatic carbocycles. The van der Waals surface area contributed by atoms with Gasteiger partial charge in [-0.1, -0.05) is 30.7 Å². The van der Waals surface area contributed by atoms with Gasteiger partial charge in [0.15, 0.2) is 0 Å². The molecule has 31 heavy (non-hydrogen) atoms. The van der Waals surface area contributed by atoms with E-state index in [0.29, 0.717) is 17.2 Å². The molecule has 2 atom stereocenters. The van der Waals surface area contributed by atoms with Crippen molar-refractivity contribution in [2.45, 2.75) is 39.3 Å². The summed E-state index contributed by atoms with van der Waals surface area (Å²) in [4.78, 5) is 13.1. The predicted octanol–water partition coefficient (Wildman–Crippen LogP) is 4.09. The van der Waals surface area contributed by atoms with Crippen molar-refractivity contribution in [3.05, 3.63) is 52.5 Å². The predicted molar refractivity (Wildman–Crippen MR) is 124 cm³/mol. The van der Waals surface area contributed by atoms with Crippen LogP contribution < -0.4 is 19.1 Å². The zero-order valence-corrected chi connectivity index (χ0v) is 20.2. The van der Waals surface area contributed by atoms with Crippen LogP contribution in [0, 0.1) is 6.92 Å². The molecule has 0 radical (unpaired) electrons. The lowest BCUT2D eigenvalue weighted by molar-refractivity contribution is -0.122. The number of nitrogens with zero attached hydrogens (tertiary/aromatic N) is 1. The number of nitrogens with one attached hydrogen (secondary N) is 1. The van der Waals surface area contributed by atoms with Crippen LogP contribution in [-0.4, -0.2) is 40.8 Å². The van der Waals surface area contributed by atoms with Gasteiger partial charge in [0.25, 0.3) is 0 Å². The number of hydrogen-bond donors (Lipinski definition) is 1. The molecule has 0 saturated carbocycles. The number of benzene rings is 2. The van der Waals surface area contributed by atoms with Gasteiger partial charge in [0.05, 0.1) is 32.2 Å². The standard InChI is InChI=1S/C22H29ClN2O5S/c1-7-18(16-8-10-20(29-4)14(2)12-16)24-22(26)15(3)25(31(6,27)28)19-13-17(23)9-11-21(19)30-5/h8-13,15,18H,7H2,1-6H3,(H,24,26). The van der Waals surface area contributed by atoms with Crippen LogP contribution in [0.4, 0.5) is 5.69 Å². The van der Waals surface area contributed by atoms with Gasteiger partial charge in [0.2, 0.25) is 15.9 Å². The molecule has 2 unspecified atom stereocenters. The van der Waals surface area contributed by atoms with E-state index in [1.807, 2.05) is 32.0 Å². The zero-order chi connectivity index (χ0) is 23.3. The maximum absolute atomic E-state index is 13.1. The molecule has 0 aliphatic heterocycles. The largest absolute Gasteiger partial charge is 0.496 e. The van der Waals surface area contributed by atoms with Crippen LogP contribution >= 0.6 is 11.6 Å². The van der Waals surface area contributed by atoms with E-state index >= 15 is 0 Å². The van der Waals surface area contributed by atoms with Crippen molar-refractivity contribution in [1.29, 1.82) is 0 Å². The average molecular weight is 469 g/mol. The molecule has 0 saturated heterocycles. The summed E-state index contributed by atoms with van der Waals surface area (Å²) in [7, 11) is -0.786. The van der Waals surface area contributed by atoms with Crippen LogP contribution in [-0.2, 0) is 14.8 Å². The van der Waals surface area contributed by atoms with Crippen molar-refractivity contribution >= 4 is 33.2 Å². The minimum Gasteiger partial charge on any atom is -0.496 e. The molecular weight excluding hydrogens is 440 g/mol. The van der Waals surface area contributed by atoms with Gasteiger partial charge >= 0.3 is 0 Å².